The molecule has 0 fully saturated rings. The van der Waals surface area contributed by atoms with Crippen LogP contribution in [0.4, 0.5) is 0 Å². The molecular formula is C16H15BrO. The van der Waals surface area contributed by atoms with E-state index in [1.54, 1.807) is 7.11 Å². The maximum atomic E-state index is 5.13. The molecule has 0 N–H and O–H groups in total. The lowest BCUT2D eigenvalue weighted by atomic mass is 10.1. The topological polar surface area (TPSA) is 9.23 Å². The summed E-state index contributed by atoms with van der Waals surface area (Å²) < 4.78 is 5.13. The van der Waals surface area contributed by atoms with E-state index >= 15 is 0 Å². The van der Waals surface area contributed by atoms with Gasteiger partial charge in [0.1, 0.15) is 5.75 Å². The molecule has 2 heteroatoms. The molecule has 0 aliphatic carbocycles. The lowest BCUT2D eigenvalue weighted by Gasteiger charge is -1.99. The van der Waals surface area contributed by atoms with Gasteiger partial charge >= 0.3 is 0 Å². The Hall–Kier alpha value is -1.54. The highest BCUT2D eigenvalue weighted by Crippen LogP contribution is 2.14. The quantitative estimate of drug-likeness (QED) is 0.584. The Bertz CT molecular complexity index is 462. The summed E-state index contributed by atoms with van der Waals surface area (Å²) in [6, 6.07) is 16.5. The fourth-order valence-electron chi connectivity index (χ4n) is 1.63. The Morgan fingerprint density at radius 3 is 1.83 bits per heavy atom. The van der Waals surface area contributed by atoms with Gasteiger partial charge in [0.15, 0.2) is 0 Å². The van der Waals surface area contributed by atoms with Gasteiger partial charge in [0.25, 0.3) is 0 Å². The maximum absolute atomic E-state index is 5.13. The zero-order chi connectivity index (χ0) is 12.8. The molecule has 0 unspecified atom stereocenters. The van der Waals surface area contributed by atoms with Crippen LogP contribution in [-0.4, -0.2) is 7.11 Å². The lowest BCUT2D eigenvalue weighted by molar-refractivity contribution is 0.415. The number of ether oxygens (including phenoxy) is 1. The number of hydrogen-bond donors (Lipinski definition) is 0. The molecule has 0 saturated carbocycles. The number of alkyl halides is 1. The first-order valence-electron chi connectivity index (χ1n) is 5.79. The van der Waals surface area contributed by atoms with Crippen molar-refractivity contribution >= 4 is 28.1 Å². The average Bonchev–Trinajstić information content (AvgIpc) is 2.46. The van der Waals surface area contributed by atoms with Gasteiger partial charge in [-0.25, -0.2) is 0 Å². The van der Waals surface area contributed by atoms with Crippen molar-refractivity contribution < 1.29 is 4.74 Å². The van der Waals surface area contributed by atoms with E-state index < -0.39 is 0 Å². The van der Waals surface area contributed by atoms with E-state index in [0.29, 0.717) is 0 Å². The number of benzene rings is 2. The highest BCUT2D eigenvalue weighted by molar-refractivity contribution is 9.08. The summed E-state index contributed by atoms with van der Waals surface area (Å²) in [5.41, 5.74) is 3.66. The first-order chi connectivity index (χ1) is 8.81. The van der Waals surface area contributed by atoms with Crippen molar-refractivity contribution in [3.8, 4) is 5.75 Å². The zero-order valence-electron chi connectivity index (χ0n) is 10.3. The van der Waals surface area contributed by atoms with Crippen LogP contribution in [0.3, 0.4) is 0 Å². The second kappa shape index (κ2) is 6.41. The summed E-state index contributed by atoms with van der Waals surface area (Å²) in [6.07, 6.45) is 4.21. The van der Waals surface area contributed by atoms with Crippen LogP contribution in [0, 0.1) is 0 Å². The molecular weight excluding hydrogens is 288 g/mol. The Balaban J connectivity index is 2.08. The Labute approximate surface area is 116 Å². The molecule has 0 amide bonds. The summed E-state index contributed by atoms with van der Waals surface area (Å²) >= 11 is 3.44. The number of methoxy groups -OCH3 is 1. The summed E-state index contributed by atoms with van der Waals surface area (Å²) in [7, 11) is 1.68. The minimum Gasteiger partial charge on any atom is -0.497 e. The van der Waals surface area contributed by atoms with Crippen LogP contribution in [-0.2, 0) is 5.33 Å². The highest BCUT2D eigenvalue weighted by atomic mass is 79.9. The van der Waals surface area contributed by atoms with Crippen molar-refractivity contribution in [2.75, 3.05) is 7.11 Å². The molecule has 2 rings (SSSR count). The van der Waals surface area contributed by atoms with E-state index in [1.165, 1.54) is 16.7 Å². The molecule has 0 bridgehead atoms. The third-order valence-electron chi connectivity index (χ3n) is 2.72. The smallest absolute Gasteiger partial charge is 0.118 e. The molecule has 0 spiro atoms. The van der Waals surface area contributed by atoms with Crippen LogP contribution in [0.5, 0.6) is 5.75 Å². The van der Waals surface area contributed by atoms with Crippen molar-refractivity contribution in [3.05, 3.63) is 65.2 Å². The molecule has 92 valence electrons. The van der Waals surface area contributed by atoms with Gasteiger partial charge in [0, 0.05) is 5.33 Å². The van der Waals surface area contributed by atoms with Crippen LogP contribution in [0.2, 0.25) is 0 Å². The largest absolute Gasteiger partial charge is 0.497 e. The standard InChI is InChI=1S/C16H15BrO/c1-18-16-10-8-14(9-11-16)3-2-13-4-6-15(12-17)7-5-13/h2-11H,12H2,1H3. The maximum Gasteiger partial charge on any atom is 0.118 e. The fraction of sp³-hybridized carbons (Fsp3) is 0.125. The molecule has 0 aliphatic heterocycles. The van der Waals surface area contributed by atoms with Gasteiger partial charge in [-0.1, -0.05) is 64.5 Å². The van der Waals surface area contributed by atoms with Gasteiger partial charge in [-0.05, 0) is 28.8 Å². The molecule has 0 radical (unpaired) electrons. The highest BCUT2D eigenvalue weighted by Gasteiger charge is 1.92. The van der Waals surface area contributed by atoms with Gasteiger partial charge in [-0.15, -0.1) is 0 Å². The van der Waals surface area contributed by atoms with Crippen LogP contribution in [0.15, 0.2) is 48.5 Å². The fourth-order valence-corrected chi connectivity index (χ4v) is 2.00. The predicted octanol–water partition coefficient (Wildman–Crippen LogP) is 4.76. The average molecular weight is 303 g/mol. The Morgan fingerprint density at radius 1 is 0.889 bits per heavy atom. The second-order valence-electron chi connectivity index (χ2n) is 3.98. The number of halogens is 1. The van der Waals surface area contributed by atoms with E-state index in [4.69, 9.17) is 4.74 Å². The molecule has 0 aliphatic rings. The summed E-state index contributed by atoms with van der Waals surface area (Å²) in [5.74, 6) is 0.883. The van der Waals surface area contributed by atoms with Gasteiger partial charge < -0.3 is 4.74 Å². The minimum absolute atomic E-state index is 0.883. The molecule has 18 heavy (non-hydrogen) atoms. The molecule has 1 nitrogen and oxygen atoms in total. The Kier molecular flexibility index (Phi) is 4.59. The van der Waals surface area contributed by atoms with Crippen LogP contribution < -0.4 is 4.74 Å². The van der Waals surface area contributed by atoms with Crippen LogP contribution in [0.25, 0.3) is 12.2 Å². The van der Waals surface area contributed by atoms with E-state index in [-0.39, 0.29) is 0 Å². The third-order valence-corrected chi connectivity index (χ3v) is 3.37. The van der Waals surface area contributed by atoms with E-state index in [0.717, 1.165) is 11.1 Å². The van der Waals surface area contributed by atoms with Crippen LogP contribution in [0.1, 0.15) is 16.7 Å². The van der Waals surface area contributed by atoms with Crippen LogP contribution >= 0.6 is 15.9 Å². The van der Waals surface area contributed by atoms with E-state index in [1.807, 2.05) is 24.3 Å². The molecule has 2 aromatic rings. The first kappa shape index (κ1) is 12.9. The van der Waals surface area contributed by atoms with Gasteiger partial charge in [0.05, 0.1) is 7.11 Å². The SMILES string of the molecule is COc1ccc(C=Cc2ccc(CBr)cc2)cc1. The van der Waals surface area contributed by atoms with Crippen molar-refractivity contribution in [2.45, 2.75) is 5.33 Å². The first-order valence-corrected chi connectivity index (χ1v) is 6.91. The summed E-state index contributed by atoms with van der Waals surface area (Å²) in [5, 5.41) is 0.898. The normalized spacial score (nSPS) is 10.8. The number of rotatable bonds is 4. The number of hydrogen-bond acceptors (Lipinski definition) is 1. The van der Waals surface area contributed by atoms with Crippen molar-refractivity contribution in [1.29, 1.82) is 0 Å². The molecule has 0 aromatic heterocycles. The summed E-state index contributed by atoms with van der Waals surface area (Å²) in [4.78, 5) is 0. The van der Waals surface area contributed by atoms with Crippen molar-refractivity contribution in [3.63, 3.8) is 0 Å². The van der Waals surface area contributed by atoms with E-state index in [2.05, 4.69) is 52.3 Å². The van der Waals surface area contributed by atoms with Gasteiger partial charge in [0.2, 0.25) is 0 Å². The third kappa shape index (κ3) is 3.47. The monoisotopic (exact) mass is 302 g/mol. The van der Waals surface area contributed by atoms with Gasteiger partial charge in [-0.2, -0.15) is 0 Å². The zero-order valence-corrected chi connectivity index (χ0v) is 11.9. The second-order valence-corrected chi connectivity index (χ2v) is 4.54. The molecule has 2 aromatic carbocycles. The molecule has 0 heterocycles. The Morgan fingerprint density at radius 2 is 1.39 bits per heavy atom. The van der Waals surface area contributed by atoms with E-state index in [9.17, 15) is 0 Å². The molecule has 0 atom stereocenters. The minimum atomic E-state index is 0.883. The van der Waals surface area contributed by atoms with Crippen molar-refractivity contribution in [2.24, 2.45) is 0 Å². The summed E-state index contributed by atoms with van der Waals surface area (Å²) in [6.45, 7) is 0. The van der Waals surface area contributed by atoms with Gasteiger partial charge in [-0.3, -0.25) is 0 Å². The van der Waals surface area contributed by atoms with Crippen molar-refractivity contribution in [1.82, 2.24) is 0 Å². The molecule has 0 saturated heterocycles. The predicted molar refractivity (Wildman–Crippen MR) is 81.0 cm³/mol. The lowest BCUT2D eigenvalue weighted by Crippen LogP contribution is -1.81.